The fraction of sp³-hybridized carbons (Fsp3) is 0.900. The van der Waals surface area contributed by atoms with Gasteiger partial charge in [-0.2, -0.15) is 4.31 Å². The highest BCUT2D eigenvalue weighted by atomic mass is 32.2. The number of esters is 1. The third kappa shape index (κ3) is 5.46. The summed E-state index contributed by atoms with van der Waals surface area (Å²) in [6, 6.07) is 0. The zero-order valence-corrected chi connectivity index (χ0v) is 11.2. The molecule has 0 rings (SSSR count). The number of sulfonamides is 1. The molecule has 0 atom stereocenters. The molecule has 0 amide bonds. The van der Waals surface area contributed by atoms with Crippen molar-refractivity contribution < 1.29 is 17.9 Å². The van der Waals surface area contributed by atoms with E-state index in [-0.39, 0.29) is 31.4 Å². The number of rotatable bonds is 7. The number of likely N-dealkylation sites (N-methyl/N-ethyl adjacent to an activating group) is 1. The van der Waals surface area contributed by atoms with Gasteiger partial charge >= 0.3 is 5.97 Å². The summed E-state index contributed by atoms with van der Waals surface area (Å²) >= 11 is 0. The summed E-state index contributed by atoms with van der Waals surface area (Å²) < 4.78 is 29.5. The van der Waals surface area contributed by atoms with Crippen LogP contribution in [0.15, 0.2) is 0 Å². The Morgan fingerprint density at radius 3 is 2.25 bits per heavy atom. The Labute approximate surface area is 97.8 Å². The van der Waals surface area contributed by atoms with E-state index >= 15 is 0 Å². The number of hydrogen-bond acceptors (Lipinski definition) is 4. The second-order valence-corrected chi connectivity index (χ2v) is 5.92. The molecular formula is C10H21NO4S. The van der Waals surface area contributed by atoms with Gasteiger partial charge in [-0.3, -0.25) is 4.79 Å². The molecule has 0 aromatic rings. The van der Waals surface area contributed by atoms with E-state index in [9.17, 15) is 13.2 Å². The van der Waals surface area contributed by atoms with Crippen LogP contribution in [0.1, 0.15) is 27.7 Å². The highest BCUT2D eigenvalue weighted by Gasteiger charge is 2.24. The molecule has 16 heavy (non-hydrogen) atoms. The van der Waals surface area contributed by atoms with Gasteiger partial charge in [0.15, 0.2) is 0 Å². The molecule has 5 nitrogen and oxygen atoms in total. The third-order valence-electron chi connectivity index (χ3n) is 1.90. The number of ether oxygens (including phenoxy) is 1. The summed E-state index contributed by atoms with van der Waals surface area (Å²) in [6.45, 7) is 7.41. The van der Waals surface area contributed by atoms with Crippen molar-refractivity contribution >= 4 is 16.0 Å². The first-order valence-electron chi connectivity index (χ1n) is 5.46. The Kier molecular flexibility index (Phi) is 6.59. The van der Waals surface area contributed by atoms with Gasteiger partial charge in [-0.1, -0.05) is 20.8 Å². The summed E-state index contributed by atoms with van der Waals surface area (Å²) in [4.78, 5) is 11.2. The van der Waals surface area contributed by atoms with Gasteiger partial charge in [0.05, 0.1) is 12.4 Å². The summed E-state index contributed by atoms with van der Waals surface area (Å²) in [5.41, 5.74) is 0. The van der Waals surface area contributed by atoms with Gasteiger partial charge in [0, 0.05) is 6.54 Å². The fourth-order valence-electron chi connectivity index (χ4n) is 1.28. The van der Waals surface area contributed by atoms with E-state index in [1.165, 1.54) is 0 Å². The molecule has 0 radical (unpaired) electrons. The largest absolute Gasteiger partial charge is 0.465 e. The normalized spacial score (nSPS) is 12.1. The fourth-order valence-corrected chi connectivity index (χ4v) is 3.03. The van der Waals surface area contributed by atoms with Crippen molar-refractivity contribution in [2.75, 3.05) is 25.4 Å². The van der Waals surface area contributed by atoms with E-state index in [2.05, 4.69) is 0 Å². The molecule has 0 aliphatic carbocycles. The summed E-state index contributed by atoms with van der Waals surface area (Å²) in [6.07, 6.45) is 0. The molecule has 0 N–H and O–H groups in total. The van der Waals surface area contributed by atoms with Gasteiger partial charge < -0.3 is 4.74 Å². The average molecular weight is 251 g/mol. The molecule has 0 unspecified atom stereocenters. The van der Waals surface area contributed by atoms with E-state index in [0.29, 0.717) is 0 Å². The number of carbonyl (C=O) groups is 1. The Hall–Kier alpha value is -0.620. The molecule has 0 saturated carbocycles. The first-order valence-corrected chi connectivity index (χ1v) is 7.07. The maximum absolute atomic E-state index is 11.8. The van der Waals surface area contributed by atoms with Gasteiger partial charge in [-0.25, -0.2) is 8.42 Å². The first kappa shape index (κ1) is 15.4. The van der Waals surface area contributed by atoms with E-state index < -0.39 is 16.0 Å². The minimum absolute atomic E-state index is 0.0428. The monoisotopic (exact) mass is 251 g/mol. The maximum atomic E-state index is 11.8. The van der Waals surface area contributed by atoms with Crippen molar-refractivity contribution in [3.05, 3.63) is 0 Å². The topological polar surface area (TPSA) is 63.7 Å². The van der Waals surface area contributed by atoms with Crippen LogP contribution >= 0.6 is 0 Å². The van der Waals surface area contributed by atoms with Crippen LogP contribution < -0.4 is 0 Å². The molecule has 0 aliphatic heterocycles. The van der Waals surface area contributed by atoms with E-state index in [4.69, 9.17) is 4.74 Å². The van der Waals surface area contributed by atoms with Gasteiger partial charge in [0.1, 0.15) is 6.54 Å². The minimum atomic E-state index is -3.35. The predicted octanol–water partition coefficient (Wildman–Crippen LogP) is 0.857. The first-order chi connectivity index (χ1) is 7.33. The molecule has 0 saturated heterocycles. The molecule has 0 spiro atoms. The van der Waals surface area contributed by atoms with Gasteiger partial charge in [0.25, 0.3) is 0 Å². The van der Waals surface area contributed by atoms with Crippen LogP contribution in [0.2, 0.25) is 0 Å². The zero-order chi connectivity index (χ0) is 12.8. The second kappa shape index (κ2) is 6.85. The van der Waals surface area contributed by atoms with Crippen LogP contribution in [0.25, 0.3) is 0 Å². The predicted molar refractivity (Wildman–Crippen MR) is 62.5 cm³/mol. The second-order valence-electron chi connectivity index (χ2n) is 3.90. The Bertz CT molecular complexity index is 311. The van der Waals surface area contributed by atoms with E-state index in [1.807, 2.05) is 13.8 Å². The summed E-state index contributed by atoms with van der Waals surface area (Å²) in [5, 5.41) is 0. The third-order valence-corrected chi connectivity index (χ3v) is 4.16. The Morgan fingerprint density at radius 1 is 1.31 bits per heavy atom. The molecule has 0 fully saturated rings. The number of carbonyl (C=O) groups excluding carboxylic acids is 1. The van der Waals surface area contributed by atoms with Crippen LogP contribution in [0.5, 0.6) is 0 Å². The zero-order valence-electron chi connectivity index (χ0n) is 10.4. The Morgan fingerprint density at radius 2 is 1.88 bits per heavy atom. The van der Waals surface area contributed by atoms with Crippen molar-refractivity contribution in [3.63, 3.8) is 0 Å². The summed E-state index contributed by atoms with van der Waals surface area (Å²) in [7, 11) is -3.35. The van der Waals surface area contributed by atoms with Gasteiger partial charge in [0.2, 0.25) is 10.0 Å². The molecule has 0 aromatic heterocycles. The number of nitrogens with zero attached hydrogens (tertiary/aromatic N) is 1. The van der Waals surface area contributed by atoms with Crippen LogP contribution in [0.4, 0.5) is 0 Å². The quantitative estimate of drug-likeness (QED) is 0.629. The molecule has 96 valence electrons. The molecular weight excluding hydrogens is 230 g/mol. The van der Waals surface area contributed by atoms with Crippen molar-refractivity contribution in [2.24, 2.45) is 5.92 Å². The van der Waals surface area contributed by atoms with Crippen LogP contribution in [0.3, 0.4) is 0 Å². The molecule has 0 aliphatic rings. The average Bonchev–Trinajstić information content (AvgIpc) is 2.12. The lowest BCUT2D eigenvalue weighted by Crippen LogP contribution is -2.38. The highest BCUT2D eigenvalue weighted by Crippen LogP contribution is 2.07. The Balaban J connectivity index is 4.54. The van der Waals surface area contributed by atoms with Crippen molar-refractivity contribution in [1.29, 1.82) is 0 Å². The molecule has 6 heteroatoms. The van der Waals surface area contributed by atoms with Crippen LogP contribution in [0, 0.1) is 5.92 Å². The van der Waals surface area contributed by atoms with Gasteiger partial charge in [-0.15, -0.1) is 0 Å². The lowest BCUT2D eigenvalue weighted by molar-refractivity contribution is -0.143. The summed E-state index contributed by atoms with van der Waals surface area (Å²) in [5.74, 6) is -0.404. The minimum Gasteiger partial charge on any atom is -0.465 e. The highest BCUT2D eigenvalue weighted by molar-refractivity contribution is 7.89. The maximum Gasteiger partial charge on any atom is 0.321 e. The number of hydrogen-bond donors (Lipinski definition) is 0. The lowest BCUT2D eigenvalue weighted by Gasteiger charge is -2.20. The lowest BCUT2D eigenvalue weighted by atomic mass is 10.3. The molecule has 0 aromatic carbocycles. The van der Waals surface area contributed by atoms with Crippen molar-refractivity contribution in [2.45, 2.75) is 27.7 Å². The molecule has 0 bridgehead atoms. The van der Waals surface area contributed by atoms with E-state index in [1.54, 1.807) is 13.8 Å². The molecule has 0 heterocycles. The van der Waals surface area contributed by atoms with Crippen LogP contribution in [-0.4, -0.2) is 44.1 Å². The van der Waals surface area contributed by atoms with Crippen molar-refractivity contribution in [1.82, 2.24) is 4.31 Å². The van der Waals surface area contributed by atoms with Crippen LogP contribution in [-0.2, 0) is 19.6 Å². The van der Waals surface area contributed by atoms with Gasteiger partial charge in [-0.05, 0) is 12.8 Å². The SMILES string of the molecule is CCOC(=O)CN(CC)S(=O)(=O)CC(C)C. The standard InChI is InChI=1S/C10H21NO4S/c1-5-11(7-10(12)15-6-2)16(13,14)8-9(3)4/h9H,5-8H2,1-4H3. The van der Waals surface area contributed by atoms with E-state index in [0.717, 1.165) is 4.31 Å². The smallest absolute Gasteiger partial charge is 0.321 e. The van der Waals surface area contributed by atoms with Crippen molar-refractivity contribution in [3.8, 4) is 0 Å².